The first-order valence-corrected chi connectivity index (χ1v) is 8.80. The van der Waals surface area contributed by atoms with Crippen LogP contribution in [0.3, 0.4) is 0 Å². The zero-order chi connectivity index (χ0) is 17.4. The molecule has 25 heavy (non-hydrogen) atoms. The molecule has 0 saturated carbocycles. The van der Waals surface area contributed by atoms with E-state index in [4.69, 9.17) is 4.74 Å². The SMILES string of the molecule is O=C(O)CC1Sc2nnc(C3CCCO3)n2N=C1c1ccc(F)cc1. The first-order valence-electron chi connectivity index (χ1n) is 7.92. The molecule has 2 aliphatic heterocycles. The molecule has 1 fully saturated rings. The number of aliphatic carboxylic acids is 1. The largest absolute Gasteiger partial charge is 0.481 e. The molecule has 1 saturated heterocycles. The molecular weight excluding hydrogens is 347 g/mol. The summed E-state index contributed by atoms with van der Waals surface area (Å²) in [6.07, 6.45) is 1.54. The molecule has 2 aromatic rings. The number of carbonyl (C=O) groups is 1. The Morgan fingerprint density at radius 1 is 1.36 bits per heavy atom. The number of fused-ring (bicyclic) bond motifs is 1. The molecule has 130 valence electrons. The van der Waals surface area contributed by atoms with Crippen molar-refractivity contribution in [2.45, 2.75) is 35.8 Å². The van der Waals surface area contributed by atoms with Gasteiger partial charge in [0.15, 0.2) is 5.82 Å². The van der Waals surface area contributed by atoms with Crippen LogP contribution in [0.4, 0.5) is 4.39 Å². The van der Waals surface area contributed by atoms with Gasteiger partial charge in [-0.15, -0.1) is 10.2 Å². The van der Waals surface area contributed by atoms with E-state index >= 15 is 0 Å². The van der Waals surface area contributed by atoms with Gasteiger partial charge in [0, 0.05) is 6.61 Å². The van der Waals surface area contributed by atoms with Crippen molar-refractivity contribution in [2.75, 3.05) is 6.61 Å². The van der Waals surface area contributed by atoms with Crippen molar-refractivity contribution < 1.29 is 19.0 Å². The lowest BCUT2D eigenvalue weighted by atomic mass is 10.1. The summed E-state index contributed by atoms with van der Waals surface area (Å²) < 4.78 is 20.5. The van der Waals surface area contributed by atoms with Gasteiger partial charge in [0.2, 0.25) is 5.16 Å². The molecule has 0 bridgehead atoms. The van der Waals surface area contributed by atoms with E-state index in [2.05, 4.69) is 15.3 Å². The van der Waals surface area contributed by atoms with Gasteiger partial charge in [-0.1, -0.05) is 23.9 Å². The average Bonchev–Trinajstić information content (AvgIpc) is 3.23. The van der Waals surface area contributed by atoms with Crippen molar-refractivity contribution in [1.82, 2.24) is 14.9 Å². The standard InChI is InChI=1S/C16H15FN4O3S/c17-10-5-3-9(4-6-10)14-12(8-13(22)23)25-16-19-18-15(21(16)20-14)11-2-1-7-24-11/h3-6,11-12H,1-2,7-8H2,(H,22,23). The molecule has 0 radical (unpaired) electrons. The van der Waals surface area contributed by atoms with Crippen LogP contribution in [0.1, 0.15) is 36.8 Å². The lowest BCUT2D eigenvalue weighted by Gasteiger charge is -2.22. The number of ether oxygens (including phenoxy) is 1. The molecule has 9 heteroatoms. The fourth-order valence-electron chi connectivity index (χ4n) is 2.94. The Labute approximate surface area is 146 Å². The maximum Gasteiger partial charge on any atom is 0.304 e. The van der Waals surface area contributed by atoms with Gasteiger partial charge in [-0.2, -0.15) is 9.78 Å². The minimum atomic E-state index is -0.931. The van der Waals surface area contributed by atoms with Crippen molar-refractivity contribution in [3.63, 3.8) is 0 Å². The fraction of sp³-hybridized carbons (Fsp3) is 0.375. The smallest absolute Gasteiger partial charge is 0.304 e. The predicted octanol–water partition coefficient (Wildman–Crippen LogP) is 2.47. The molecule has 4 rings (SSSR count). The average molecular weight is 362 g/mol. The maximum atomic E-state index is 13.2. The highest BCUT2D eigenvalue weighted by Crippen LogP contribution is 2.36. The number of nitrogens with zero attached hydrogens (tertiary/aromatic N) is 4. The number of rotatable bonds is 4. The maximum absolute atomic E-state index is 13.2. The third-order valence-corrected chi connectivity index (χ3v) is 5.25. The second kappa shape index (κ2) is 6.57. The van der Waals surface area contributed by atoms with Gasteiger partial charge < -0.3 is 9.84 Å². The molecule has 1 N–H and O–H groups in total. The second-order valence-electron chi connectivity index (χ2n) is 5.85. The molecule has 1 aromatic carbocycles. The van der Waals surface area contributed by atoms with Crippen molar-refractivity contribution in [2.24, 2.45) is 5.10 Å². The number of thioether (sulfide) groups is 1. The van der Waals surface area contributed by atoms with Crippen LogP contribution in [0, 0.1) is 5.82 Å². The van der Waals surface area contributed by atoms with E-state index in [1.807, 2.05) is 0 Å². The summed E-state index contributed by atoms with van der Waals surface area (Å²) in [7, 11) is 0. The fourth-order valence-corrected chi connectivity index (χ4v) is 4.04. The number of hydrogen-bond acceptors (Lipinski definition) is 6. The summed E-state index contributed by atoms with van der Waals surface area (Å²) in [6, 6.07) is 5.88. The van der Waals surface area contributed by atoms with Gasteiger partial charge in [0.1, 0.15) is 11.9 Å². The Hall–Kier alpha value is -2.26. The number of halogens is 1. The minimum Gasteiger partial charge on any atom is -0.481 e. The van der Waals surface area contributed by atoms with Crippen LogP contribution in [-0.4, -0.2) is 43.5 Å². The van der Waals surface area contributed by atoms with Crippen molar-refractivity contribution in [1.29, 1.82) is 0 Å². The van der Waals surface area contributed by atoms with E-state index < -0.39 is 11.2 Å². The highest BCUT2D eigenvalue weighted by atomic mass is 32.2. The molecule has 2 atom stereocenters. The van der Waals surface area contributed by atoms with Gasteiger partial charge >= 0.3 is 5.97 Å². The Kier molecular flexibility index (Phi) is 4.26. The van der Waals surface area contributed by atoms with E-state index in [9.17, 15) is 14.3 Å². The van der Waals surface area contributed by atoms with Crippen LogP contribution in [-0.2, 0) is 9.53 Å². The molecule has 2 unspecified atom stereocenters. The molecular formula is C16H15FN4O3S. The molecule has 0 aliphatic carbocycles. The molecule has 2 aliphatic rings. The van der Waals surface area contributed by atoms with Crippen LogP contribution in [0.25, 0.3) is 0 Å². The van der Waals surface area contributed by atoms with Crippen molar-refractivity contribution >= 4 is 23.4 Å². The van der Waals surface area contributed by atoms with Crippen LogP contribution < -0.4 is 0 Å². The van der Waals surface area contributed by atoms with E-state index in [-0.39, 0.29) is 18.3 Å². The van der Waals surface area contributed by atoms with Gasteiger partial charge in [-0.3, -0.25) is 4.79 Å². The van der Waals surface area contributed by atoms with Crippen LogP contribution in [0.2, 0.25) is 0 Å². The van der Waals surface area contributed by atoms with Gasteiger partial charge in [0.25, 0.3) is 0 Å². The Bertz CT molecular complexity index is 830. The second-order valence-corrected chi connectivity index (χ2v) is 7.02. The lowest BCUT2D eigenvalue weighted by molar-refractivity contribution is -0.136. The summed E-state index contributed by atoms with van der Waals surface area (Å²) in [4.78, 5) is 11.2. The van der Waals surface area contributed by atoms with Crippen LogP contribution in [0.15, 0.2) is 34.5 Å². The highest BCUT2D eigenvalue weighted by Gasteiger charge is 2.33. The van der Waals surface area contributed by atoms with Crippen LogP contribution >= 0.6 is 11.8 Å². The number of hydrogen-bond donors (Lipinski definition) is 1. The molecule has 1 aromatic heterocycles. The monoisotopic (exact) mass is 362 g/mol. The van der Waals surface area contributed by atoms with E-state index in [0.717, 1.165) is 12.8 Å². The number of benzene rings is 1. The third kappa shape index (κ3) is 3.16. The Morgan fingerprint density at radius 3 is 2.84 bits per heavy atom. The van der Waals surface area contributed by atoms with Gasteiger partial charge in [0.05, 0.1) is 17.4 Å². The third-order valence-electron chi connectivity index (χ3n) is 4.11. The molecule has 0 amide bonds. The van der Waals surface area contributed by atoms with Crippen molar-refractivity contribution in [3.05, 3.63) is 41.5 Å². The zero-order valence-corrected chi connectivity index (χ0v) is 13.9. The Morgan fingerprint density at radius 2 is 2.16 bits per heavy atom. The van der Waals surface area contributed by atoms with Gasteiger partial charge in [-0.25, -0.2) is 4.39 Å². The molecule has 3 heterocycles. The minimum absolute atomic E-state index is 0.108. The van der Waals surface area contributed by atoms with Gasteiger partial charge in [-0.05, 0) is 30.5 Å². The Balaban J connectivity index is 1.76. The summed E-state index contributed by atoms with van der Waals surface area (Å²) in [5, 5.41) is 22.3. The summed E-state index contributed by atoms with van der Waals surface area (Å²) in [5.41, 5.74) is 1.25. The van der Waals surface area contributed by atoms with E-state index in [1.165, 1.54) is 23.9 Å². The number of carboxylic acids is 1. The normalized spacial score (nSPS) is 22.5. The zero-order valence-electron chi connectivity index (χ0n) is 13.1. The van der Waals surface area contributed by atoms with Crippen molar-refractivity contribution in [3.8, 4) is 0 Å². The number of carboxylic acid groups (broad SMARTS) is 1. The summed E-state index contributed by atoms with van der Waals surface area (Å²) in [5.74, 6) is -0.666. The number of aromatic nitrogens is 3. The van der Waals surface area contributed by atoms with E-state index in [1.54, 1.807) is 16.8 Å². The highest BCUT2D eigenvalue weighted by molar-refractivity contribution is 8.00. The summed E-state index contributed by atoms with van der Waals surface area (Å²) in [6.45, 7) is 0.677. The molecule has 7 nitrogen and oxygen atoms in total. The predicted molar refractivity (Wildman–Crippen MR) is 88.2 cm³/mol. The lowest BCUT2D eigenvalue weighted by Crippen LogP contribution is -2.27. The van der Waals surface area contributed by atoms with Crippen LogP contribution in [0.5, 0.6) is 0 Å². The summed E-state index contributed by atoms with van der Waals surface area (Å²) >= 11 is 1.30. The quantitative estimate of drug-likeness (QED) is 0.899. The first-order chi connectivity index (χ1) is 12.1. The molecule has 0 spiro atoms. The first kappa shape index (κ1) is 16.2. The topological polar surface area (TPSA) is 89.6 Å². The van der Waals surface area contributed by atoms with E-state index in [0.29, 0.717) is 28.9 Å².